The summed E-state index contributed by atoms with van der Waals surface area (Å²) in [6.07, 6.45) is 4.89. The number of fused-ring (bicyclic) bond motifs is 2. The van der Waals surface area contributed by atoms with E-state index in [1.165, 1.54) is 4.57 Å². The molecule has 1 aromatic carbocycles. The van der Waals surface area contributed by atoms with Crippen molar-refractivity contribution in [2.75, 3.05) is 0 Å². The standard InChI is InChI=1S/C21H24ClN5O3/c1-2-3-12-26-18-17(24-20(22)25-18)19(28)27(21(26)29)13-8-4-5-11-16-23-14-9-6-7-10-15(14)30-16/h6-7,9-10H,2-5,8,11-13H2,1H3,(H,24,25). The molecule has 4 aromatic rings. The Kier molecular flexibility index (Phi) is 6.03. The normalized spacial score (nSPS) is 11.7. The number of H-pyrrole nitrogens is 1. The van der Waals surface area contributed by atoms with Crippen LogP contribution in [0.2, 0.25) is 5.28 Å². The SMILES string of the molecule is CCCCn1c(=O)n(CCCCCc2nc3ccccc3o2)c(=O)c2[nH]c(Cl)nc21. The minimum Gasteiger partial charge on any atom is -0.441 e. The van der Waals surface area contributed by atoms with E-state index in [1.807, 2.05) is 31.2 Å². The lowest BCUT2D eigenvalue weighted by Gasteiger charge is -2.10. The second-order valence-electron chi connectivity index (χ2n) is 7.36. The molecular weight excluding hydrogens is 406 g/mol. The zero-order chi connectivity index (χ0) is 21.1. The van der Waals surface area contributed by atoms with Crippen molar-refractivity contribution < 1.29 is 4.42 Å². The summed E-state index contributed by atoms with van der Waals surface area (Å²) >= 11 is 5.95. The molecule has 0 radical (unpaired) electrons. The summed E-state index contributed by atoms with van der Waals surface area (Å²) in [5.41, 5.74) is 1.55. The number of aromatic amines is 1. The maximum Gasteiger partial charge on any atom is 0.332 e. The van der Waals surface area contributed by atoms with Crippen LogP contribution in [0.5, 0.6) is 0 Å². The van der Waals surface area contributed by atoms with E-state index < -0.39 is 0 Å². The van der Waals surface area contributed by atoms with Crippen molar-refractivity contribution in [3.05, 3.63) is 56.3 Å². The van der Waals surface area contributed by atoms with E-state index in [0.717, 1.165) is 43.2 Å². The maximum absolute atomic E-state index is 12.9. The topological polar surface area (TPSA) is 98.7 Å². The predicted octanol–water partition coefficient (Wildman–Crippen LogP) is 3.89. The molecular formula is C21H24ClN5O3. The Bertz CT molecular complexity index is 1250. The van der Waals surface area contributed by atoms with Crippen molar-refractivity contribution >= 4 is 33.9 Å². The summed E-state index contributed by atoms with van der Waals surface area (Å²) in [5, 5.41) is 0.114. The summed E-state index contributed by atoms with van der Waals surface area (Å²) in [6, 6.07) is 7.69. The van der Waals surface area contributed by atoms with Crippen LogP contribution in [0.1, 0.15) is 44.9 Å². The number of halogens is 1. The molecule has 3 aromatic heterocycles. The van der Waals surface area contributed by atoms with Crippen LogP contribution in [0, 0.1) is 0 Å². The highest BCUT2D eigenvalue weighted by molar-refractivity contribution is 6.28. The Morgan fingerprint density at radius 2 is 1.83 bits per heavy atom. The first-order chi connectivity index (χ1) is 14.6. The molecule has 0 fully saturated rings. The van der Waals surface area contributed by atoms with E-state index in [-0.39, 0.29) is 22.0 Å². The number of oxazole rings is 1. The molecule has 0 aliphatic carbocycles. The van der Waals surface area contributed by atoms with Crippen molar-refractivity contribution in [3.8, 4) is 0 Å². The van der Waals surface area contributed by atoms with Crippen molar-refractivity contribution in [2.45, 2.75) is 58.5 Å². The number of para-hydroxylation sites is 2. The molecule has 0 aliphatic rings. The van der Waals surface area contributed by atoms with Gasteiger partial charge in [0.05, 0.1) is 0 Å². The predicted molar refractivity (Wildman–Crippen MR) is 116 cm³/mol. The van der Waals surface area contributed by atoms with E-state index in [0.29, 0.717) is 31.0 Å². The third-order valence-electron chi connectivity index (χ3n) is 5.18. The summed E-state index contributed by atoms with van der Waals surface area (Å²) in [6.45, 7) is 2.90. The van der Waals surface area contributed by atoms with Gasteiger partial charge in [-0.25, -0.2) is 9.78 Å². The molecule has 9 heteroatoms. The number of hydrogen-bond donors (Lipinski definition) is 1. The fourth-order valence-electron chi connectivity index (χ4n) is 3.60. The van der Waals surface area contributed by atoms with Gasteiger partial charge >= 0.3 is 5.69 Å². The molecule has 3 heterocycles. The Balaban J connectivity index is 1.44. The van der Waals surface area contributed by atoms with Gasteiger partial charge in [-0.2, -0.15) is 4.98 Å². The summed E-state index contributed by atoms with van der Waals surface area (Å²) in [4.78, 5) is 37.1. The monoisotopic (exact) mass is 429 g/mol. The van der Waals surface area contributed by atoms with E-state index >= 15 is 0 Å². The number of rotatable bonds is 9. The number of aromatic nitrogens is 5. The number of nitrogens with zero attached hydrogens (tertiary/aromatic N) is 4. The number of imidazole rings is 1. The fraction of sp³-hybridized carbons (Fsp3) is 0.429. The lowest BCUT2D eigenvalue weighted by Crippen LogP contribution is -2.40. The lowest BCUT2D eigenvalue weighted by atomic mass is 10.2. The molecule has 0 saturated carbocycles. The first-order valence-corrected chi connectivity index (χ1v) is 10.7. The van der Waals surface area contributed by atoms with E-state index in [9.17, 15) is 9.59 Å². The van der Waals surface area contributed by atoms with Gasteiger partial charge in [0, 0.05) is 19.5 Å². The molecule has 0 spiro atoms. The van der Waals surface area contributed by atoms with Gasteiger partial charge in [0.1, 0.15) is 5.52 Å². The summed E-state index contributed by atoms with van der Waals surface area (Å²) in [5.74, 6) is 0.712. The highest BCUT2D eigenvalue weighted by Gasteiger charge is 2.16. The Morgan fingerprint density at radius 3 is 2.63 bits per heavy atom. The number of unbranched alkanes of at least 4 members (excludes halogenated alkanes) is 3. The molecule has 0 bridgehead atoms. The molecule has 0 amide bonds. The molecule has 1 N–H and O–H groups in total. The van der Waals surface area contributed by atoms with Gasteiger partial charge in [0.15, 0.2) is 22.6 Å². The zero-order valence-corrected chi connectivity index (χ0v) is 17.6. The summed E-state index contributed by atoms with van der Waals surface area (Å²) in [7, 11) is 0. The molecule has 0 saturated heterocycles. The van der Waals surface area contributed by atoms with Gasteiger partial charge in [-0.05, 0) is 43.0 Å². The minimum atomic E-state index is -0.374. The molecule has 0 aliphatic heterocycles. The average molecular weight is 430 g/mol. The molecule has 8 nitrogen and oxygen atoms in total. The number of hydrogen-bond acceptors (Lipinski definition) is 5. The third kappa shape index (κ3) is 4.05. The van der Waals surface area contributed by atoms with Crippen LogP contribution < -0.4 is 11.2 Å². The van der Waals surface area contributed by atoms with Gasteiger partial charge < -0.3 is 9.40 Å². The maximum atomic E-state index is 12.9. The number of benzene rings is 1. The van der Waals surface area contributed by atoms with Gasteiger partial charge in [0.2, 0.25) is 5.28 Å². The van der Waals surface area contributed by atoms with Crippen LogP contribution >= 0.6 is 11.6 Å². The van der Waals surface area contributed by atoms with Gasteiger partial charge in [0.25, 0.3) is 5.56 Å². The van der Waals surface area contributed by atoms with Crippen LogP contribution in [0.3, 0.4) is 0 Å². The smallest absolute Gasteiger partial charge is 0.332 e. The highest BCUT2D eigenvalue weighted by Crippen LogP contribution is 2.16. The van der Waals surface area contributed by atoms with Crippen molar-refractivity contribution in [3.63, 3.8) is 0 Å². The van der Waals surface area contributed by atoms with Gasteiger partial charge in [-0.15, -0.1) is 0 Å². The number of aryl methyl sites for hydroxylation is 2. The third-order valence-corrected chi connectivity index (χ3v) is 5.36. The second-order valence-corrected chi connectivity index (χ2v) is 7.71. The molecule has 4 rings (SSSR count). The van der Waals surface area contributed by atoms with Gasteiger partial charge in [-0.1, -0.05) is 31.9 Å². The first kappa shape index (κ1) is 20.4. The van der Waals surface area contributed by atoms with Crippen molar-refractivity contribution in [2.24, 2.45) is 0 Å². The van der Waals surface area contributed by atoms with E-state index in [2.05, 4.69) is 15.0 Å². The van der Waals surface area contributed by atoms with Crippen molar-refractivity contribution in [1.29, 1.82) is 0 Å². The average Bonchev–Trinajstić information content (AvgIpc) is 3.33. The Morgan fingerprint density at radius 1 is 1.03 bits per heavy atom. The zero-order valence-electron chi connectivity index (χ0n) is 16.9. The largest absolute Gasteiger partial charge is 0.441 e. The Hall–Kier alpha value is -2.87. The van der Waals surface area contributed by atoms with Crippen LogP contribution in [0.25, 0.3) is 22.3 Å². The Labute approximate surface area is 177 Å². The summed E-state index contributed by atoms with van der Waals surface area (Å²) < 4.78 is 8.56. The van der Waals surface area contributed by atoms with E-state index in [1.54, 1.807) is 4.57 Å². The minimum absolute atomic E-state index is 0.114. The first-order valence-electron chi connectivity index (χ1n) is 10.3. The van der Waals surface area contributed by atoms with Crippen molar-refractivity contribution in [1.82, 2.24) is 24.1 Å². The molecule has 30 heavy (non-hydrogen) atoms. The molecule has 158 valence electrons. The fourth-order valence-corrected chi connectivity index (χ4v) is 3.78. The van der Waals surface area contributed by atoms with Crippen LogP contribution in [0.4, 0.5) is 0 Å². The second kappa shape index (κ2) is 8.87. The highest BCUT2D eigenvalue weighted by atomic mass is 35.5. The number of nitrogens with one attached hydrogen (secondary N) is 1. The van der Waals surface area contributed by atoms with Crippen LogP contribution in [0.15, 0.2) is 38.3 Å². The quantitative estimate of drug-likeness (QED) is 0.321. The molecule has 0 unspecified atom stereocenters. The van der Waals surface area contributed by atoms with Crippen LogP contribution in [-0.4, -0.2) is 24.1 Å². The molecule has 0 atom stereocenters. The van der Waals surface area contributed by atoms with Crippen LogP contribution in [-0.2, 0) is 19.5 Å². The van der Waals surface area contributed by atoms with Gasteiger partial charge in [-0.3, -0.25) is 13.9 Å². The van der Waals surface area contributed by atoms with E-state index in [4.69, 9.17) is 16.0 Å². The lowest BCUT2D eigenvalue weighted by molar-refractivity contribution is 0.489.